The third kappa shape index (κ3) is 3.46. The second-order valence-electron chi connectivity index (χ2n) is 9.08. The van der Waals surface area contributed by atoms with Gasteiger partial charge in [-0.25, -0.2) is 9.97 Å². The van der Waals surface area contributed by atoms with Crippen LogP contribution >= 0.6 is 0 Å². The minimum Gasteiger partial charge on any atom is -0.356 e. The van der Waals surface area contributed by atoms with E-state index in [9.17, 15) is 0 Å². The van der Waals surface area contributed by atoms with Crippen LogP contribution < -0.4 is 9.97 Å². The van der Waals surface area contributed by atoms with E-state index < -0.39 is 0 Å². The molecule has 2 aliphatic heterocycles. The van der Waals surface area contributed by atoms with E-state index in [0.29, 0.717) is 68.3 Å². The Hall–Kier alpha value is -5.53. The van der Waals surface area contributed by atoms with Crippen molar-refractivity contribution in [3.8, 4) is 45.8 Å². The van der Waals surface area contributed by atoms with Crippen LogP contribution in [0.25, 0.3) is 90.2 Å². The molecule has 13 heteroatoms. The van der Waals surface area contributed by atoms with Gasteiger partial charge in [0, 0.05) is 69.3 Å². The molecule has 41 heavy (non-hydrogen) atoms. The second-order valence-corrected chi connectivity index (χ2v) is 9.08. The van der Waals surface area contributed by atoms with Gasteiger partial charge in [-0.3, -0.25) is 19.9 Å². The molecule has 9 rings (SSSR count). The first-order chi connectivity index (χ1) is 19.8. The summed E-state index contributed by atoms with van der Waals surface area (Å²) in [6.07, 6.45) is 6.77. The van der Waals surface area contributed by atoms with E-state index in [1.807, 2.05) is 48.5 Å². The molecule has 1 radical (unpaired) electrons. The molecule has 8 bridgehead atoms. The maximum absolute atomic E-state index is 4.84. The summed E-state index contributed by atoms with van der Waals surface area (Å²) in [5.41, 5.74) is 5.44. The van der Waals surface area contributed by atoms with Crippen molar-refractivity contribution in [2.75, 3.05) is 0 Å². The molecular weight excluding hydrogens is 563 g/mol. The molecule has 7 aromatic rings. The van der Waals surface area contributed by atoms with Gasteiger partial charge in [0.15, 0.2) is 0 Å². The molecule has 12 nitrogen and oxygen atoms in total. The van der Waals surface area contributed by atoms with Crippen molar-refractivity contribution in [1.29, 1.82) is 0 Å². The smallest absolute Gasteiger partial charge is 0.356 e. The minimum absolute atomic E-state index is 0. The average molecular weight is 575 g/mol. The third-order valence-electron chi connectivity index (χ3n) is 6.74. The van der Waals surface area contributed by atoms with Crippen LogP contribution in [0.2, 0.25) is 0 Å². The largest absolute Gasteiger partial charge is 2.00 e. The zero-order valence-electron chi connectivity index (χ0n) is 20.6. The summed E-state index contributed by atoms with van der Waals surface area (Å²) in [5, 5.41) is 1.46. The van der Waals surface area contributed by atoms with Crippen molar-refractivity contribution in [3.63, 3.8) is 0 Å². The Kier molecular flexibility index (Phi) is 4.98. The van der Waals surface area contributed by atoms with Gasteiger partial charge in [-0.2, -0.15) is 0 Å². The minimum atomic E-state index is 0. The molecule has 193 valence electrons. The van der Waals surface area contributed by atoms with Crippen molar-refractivity contribution in [2.45, 2.75) is 0 Å². The Morgan fingerprint density at radius 2 is 0.829 bits per heavy atom. The Morgan fingerprint density at radius 1 is 0.415 bits per heavy atom. The van der Waals surface area contributed by atoms with Gasteiger partial charge in [-0.05, 0) is 36.4 Å². The number of hydrogen-bond acceptors (Lipinski definition) is 10. The van der Waals surface area contributed by atoms with Crippen molar-refractivity contribution in [2.24, 2.45) is 0 Å². The van der Waals surface area contributed by atoms with E-state index in [-0.39, 0.29) is 16.8 Å². The monoisotopic (exact) mass is 575 g/mol. The quantitative estimate of drug-likeness (QED) is 0.259. The number of rotatable bonds is 0. The van der Waals surface area contributed by atoms with Crippen molar-refractivity contribution in [1.82, 2.24) is 59.8 Å². The predicted molar refractivity (Wildman–Crippen MR) is 145 cm³/mol. The summed E-state index contributed by atoms with van der Waals surface area (Å²) in [5.74, 6) is 1.61. The molecule has 0 fully saturated rings. The van der Waals surface area contributed by atoms with E-state index in [2.05, 4.69) is 19.9 Å². The van der Waals surface area contributed by atoms with E-state index in [0.717, 1.165) is 21.9 Å². The van der Waals surface area contributed by atoms with Crippen molar-refractivity contribution in [3.05, 3.63) is 73.3 Å². The van der Waals surface area contributed by atoms with Gasteiger partial charge in [0.1, 0.15) is 23.0 Å². The standard InChI is InChI=1S/C28H12N12.Co/c1-5-13-17(29-9-1)25-34-21(13)33-22-14-6-2-10-30-18(14)26(35-22)37-24-16-8-4-12-32-20(16)28(39-24)40-27-19-15(7-3-11-31-19)23(36-25)38-27;/h1-12H;/q-2;+2. The van der Waals surface area contributed by atoms with Gasteiger partial charge in [0.2, 0.25) is 0 Å². The SMILES string of the molecule is [Co+2].c1cnc2c(c1)-c1nc-2nc2[n-]c(nc3nc(nc4[n-]c(n1)c1cccnc41)-c1cccnc1-3)c1ncccc21. The summed E-state index contributed by atoms with van der Waals surface area (Å²) < 4.78 is 0. The molecule has 0 aliphatic carbocycles. The van der Waals surface area contributed by atoms with E-state index in [4.69, 9.17) is 39.9 Å². The van der Waals surface area contributed by atoms with Gasteiger partial charge >= 0.3 is 16.8 Å². The van der Waals surface area contributed by atoms with Crippen LogP contribution in [0, 0.1) is 0 Å². The zero-order chi connectivity index (χ0) is 26.2. The first-order valence-electron chi connectivity index (χ1n) is 12.3. The number of nitrogens with zero attached hydrogens (tertiary/aromatic N) is 12. The van der Waals surface area contributed by atoms with Gasteiger partial charge in [0.05, 0.1) is 22.7 Å². The predicted octanol–water partition coefficient (Wildman–Crippen LogP) is 3.70. The Bertz CT molecular complexity index is 2040. The number of pyridine rings is 4. The van der Waals surface area contributed by atoms with Crippen LogP contribution in [-0.4, -0.2) is 49.8 Å². The van der Waals surface area contributed by atoms with Crippen LogP contribution in [0.15, 0.2) is 73.3 Å². The summed E-state index contributed by atoms with van der Waals surface area (Å²) in [7, 11) is 0. The van der Waals surface area contributed by atoms with Crippen molar-refractivity contribution < 1.29 is 16.8 Å². The second kappa shape index (κ2) is 8.74. The topological polar surface area (TPSA) is 157 Å². The molecule has 0 amide bonds. The van der Waals surface area contributed by atoms with Gasteiger partial charge in [-0.1, -0.05) is 12.1 Å². The van der Waals surface area contributed by atoms with Gasteiger partial charge in [0.25, 0.3) is 0 Å². The molecule has 9 heterocycles. The zero-order valence-corrected chi connectivity index (χ0v) is 21.7. The van der Waals surface area contributed by atoms with Gasteiger partial charge < -0.3 is 29.9 Å². The van der Waals surface area contributed by atoms with Crippen molar-refractivity contribution >= 4 is 44.4 Å². The Balaban J connectivity index is 0.00000256. The first kappa shape index (κ1) is 23.4. The molecule has 0 spiro atoms. The number of fused-ring (bicyclic) bond motifs is 20. The average Bonchev–Trinajstić information content (AvgIpc) is 3.73. The molecule has 0 saturated heterocycles. The normalized spacial score (nSPS) is 11.7. The Morgan fingerprint density at radius 3 is 1.37 bits per heavy atom. The van der Waals surface area contributed by atoms with Crippen LogP contribution in [0.1, 0.15) is 0 Å². The molecule has 0 atom stereocenters. The summed E-state index contributed by atoms with van der Waals surface area (Å²) in [6, 6.07) is 14.9. The molecule has 0 N–H and O–H groups in total. The fourth-order valence-corrected chi connectivity index (χ4v) is 4.96. The van der Waals surface area contributed by atoms with Crippen LogP contribution in [0.4, 0.5) is 0 Å². The molecular formula is C28H12CoN12. The molecule has 2 aliphatic rings. The fourth-order valence-electron chi connectivity index (χ4n) is 4.96. The molecule has 0 unspecified atom stereocenters. The third-order valence-corrected chi connectivity index (χ3v) is 6.74. The van der Waals surface area contributed by atoms with E-state index in [1.54, 1.807) is 24.8 Å². The Labute approximate surface area is 239 Å². The molecule has 0 aromatic carbocycles. The fraction of sp³-hybridized carbons (Fsp3) is 0. The maximum atomic E-state index is 4.84. The van der Waals surface area contributed by atoms with E-state index >= 15 is 0 Å². The first-order valence-corrected chi connectivity index (χ1v) is 12.3. The summed E-state index contributed by atoms with van der Waals surface area (Å²) in [6.45, 7) is 0. The number of hydrogen-bond donors (Lipinski definition) is 0. The summed E-state index contributed by atoms with van der Waals surface area (Å²) in [4.78, 5) is 56.4. The molecule has 0 saturated carbocycles. The molecule has 7 aromatic heterocycles. The van der Waals surface area contributed by atoms with Crippen LogP contribution in [-0.2, 0) is 16.8 Å². The van der Waals surface area contributed by atoms with Gasteiger partial charge in [-0.15, -0.1) is 0 Å². The van der Waals surface area contributed by atoms with Crippen LogP contribution in [0.5, 0.6) is 0 Å². The summed E-state index contributed by atoms with van der Waals surface area (Å²) >= 11 is 0. The maximum Gasteiger partial charge on any atom is 2.00 e. The number of aromatic nitrogens is 12. The van der Waals surface area contributed by atoms with E-state index in [1.165, 1.54) is 0 Å². The van der Waals surface area contributed by atoms with Crippen LogP contribution in [0.3, 0.4) is 0 Å².